The molecular weight excluding hydrogens is 789 g/mol. The third kappa shape index (κ3) is 35.6. The summed E-state index contributed by atoms with van der Waals surface area (Å²) in [6, 6.07) is 0. The third-order valence-electron chi connectivity index (χ3n) is 11.7. The molecule has 8 nitrogen and oxygen atoms in total. The summed E-state index contributed by atoms with van der Waals surface area (Å²) in [5, 5.41) is 10.2. The zero-order chi connectivity index (χ0) is 47.5. The van der Waals surface area contributed by atoms with Crippen LogP contribution in [0.1, 0.15) is 228 Å². The van der Waals surface area contributed by atoms with Gasteiger partial charge in [-0.3, -0.25) is 14.4 Å². The zero-order valence-electron chi connectivity index (χ0n) is 41.9. The summed E-state index contributed by atoms with van der Waals surface area (Å²) in [4.78, 5) is 46.6. The summed E-state index contributed by atoms with van der Waals surface area (Å²) in [7, 11) is 1.38. The summed E-state index contributed by atoms with van der Waals surface area (Å²) < 4.78 is 15.5. The molecule has 1 saturated heterocycles. The number of hydrogen-bond donors (Lipinski definition) is 1. The fourth-order valence-corrected chi connectivity index (χ4v) is 7.75. The van der Waals surface area contributed by atoms with E-state index in [1.165, 1.54) is 71.3 Å². The molecule has 0 spiro atoms. The van der Waals surface area contributed by atoms with Crippen molar-refractivity contribution in [3.05, 3.63) is 61.1 Å². The minimum atomic E-state index is -0.315. The van der Waals surface area contributed by atoms with Crippen molar-refractivity contribution >= 4 is 23.7 Å². The maximum Gasteiger partial charge on any atom is 0.315 e. The van der Waals surface area contributed by atoms with Crippen molar-refractivity contribution in [1.29, 1.82) is 0 Å². The van der Waals surface area contributed by atoms with Gasteiger partial charge in [-0.2, -0.15) is 0 Å². The highest BCUT2D eigenvalue weighted by Gasteiger charge is 2.34. The number of methoxy groups -OCH3 is 1. The molecule has 0 amide bonds. The molecule has 0 aromatic heterocycles. The number of ether oxygens (including phenoxy) is 3. The van der Waals surface area contributed by atoms with Gasteiger partial charge in [0.25, 0.3) is 0 Å². The summed E-state index contributed by atoms with van der Waals surface area (Å²) in [5.41, 5.74) is 0. The number of carbonyl (C=O) groups excluding carboxylic acids is 4. The van der Waals surface area contributed by atoms with E-state index in [4.69, 9.17) is 14.2 Å². The van der Waals surface area contributed by atoms with E-state index in [-0.39, 0.29) is 59.9 Å². The summed E-state index contributed by atoms with van der Waals surface area (Å²) in [5.74, 6) is 0.430. The van der Waals surface area contributed by atoms with E-state index in [0.717, 1.165) is 96.3 Å². The first-order valence-electron chi connectivity index (χ1n) is 25.5. The van der Waals surface area contributed by atoms with Crippen LogP contribution in [-0.2, 0) is 33.4 Å². The molecule has 0 saturated carbocycles. The lowest BCUT2D eigenvalue weighted by Crippen LogP contribution is -2.20. The van der Waals surface area contributed by atoms with Gasteiger partial charge in [-0.05, 0) is 83.0 Å². The smallest absolute Gasteiger partial charge is 0.315 e. The first-order valence-corrected chi connectivity index (χ1v) is 25.5. The molecule has 364 valence electrons. The van der Waals surface area contributed by atoms with Crippen LogP contribution in [0.5, 0.6) is 0 Å². The number of esters is 3. The maximum absolute atomic E-state index is 12.0. The predicted molar refractivity (Wildman–Crippen MR) is 264 cm³/mol. The molecule has 0 aliphatic carbocycles. The monoisotopic (exact) mass is 885 g/mol. The summed E-state index contributed by atoms with van der Waals surface area (Å²) >= 11 is 0. The van der Waals surface area contributed by atoms with Gasteiger partial charge in [0.2, 0.25) is 0 Å². The molecule has 1 aliphatic heterocycles. The molecular formula is C55H96O8. The number of ketones is 1. The lowest BCUT2D eigenvalue weighted by Gasteiger charge is -2.23. The van der Waals surface area contributed by atoms with Gasteiger partial charge in [0.05, 0.1) is 25.2 Å². The van der Waals surface area contributed by atoms with Gasteiger partial charge < -0.3 is 24.1 Å². The van der Waals surface area contributed by atoms with Crippen LogP contribution in [0.25, 0.3) is 0 Å². The molecule has 0 radical (unpaired) electrons. The van der Waals surface area contributed by atoms with Crippen molar-refractivity contribution < 1.29 is 38.5 Å². The Hall–Kier alpha value is -3.42. The van der Waals surface area contributed by atoms with E-state index in [2.05, 4.69) is 63.5 Å². The van der Waals surface area contributed by atoms with Gasteiger partial charge >= 0.3 is 17.9 Å². The van der Waals surface area contributed by atoms with E-state index in [1.807, 2.05) is 27.7 Å². The van der Waals surface area contributed by atoms with Gasteiger partial charge in [0.15, 0.2) is 0 Å². The molecule has 1 rings (SSSR count). The van der Waals surface area contributed by atoms with Crippen molar-refractivity contribution in [3.63, 3.8) is 0 Å². The van der Waals surface area contributed by atoms with Crippen molar-refractivity contribution in [3.8, 4) is 0 Å². The van der Waals surface area contributed by atoms with Crippen molar-refractivity contribution in [1.82, 2.24) is 0 Å². The van der Waals surface area contributed by atoms with Gasteiger partial charge in [-0.1, -0.05) is 181 Å². The van der Waals surface area contributed by atoms with Crippen LogP contribution in [0.3, 0.4) is 0 Å². The molecule has 0 bridgehead atoms. The van der Waals surface area contributed by atoms with Crippen LogP contribution in [0.4, 0.5) is 0 Å². The second-order valence-electron chi connectivity index (χ2n) is 17.2. The normalized spacial score (nSPS) is 15.2. The molecule has 4 atom stereocenters. The Balaban J connectivity index is 0. The first kappa shape index (κ1) is 61.7. The second kappa shape index (κ2) is 43.8. The summed E-state index contributed by atoms with van der Waals surface area (Å²) in [6.45, 7) is 21.7. The highest BCUT2D eigenvalue weighted by atomic mass is 16.5. The Morgan fingerprint density at radius 1 is 0.730 bits per heavy atom. The van der Waals surface area contributed by atoms with E-state index in [9.17, 15) is 24.3 Å². The Bertz CT molecular complexity index is 1270. The van der Waals surface area contributed by atoms with Gasteiger partial charge in [0, 0.05) is 25.2 Å². The van der Waals surface area contributed by atoms with Gasteiger partial charge in [-0.25, -0.2) is 0 Å². The van der Waals surface area contributed by atoms with E-state index in [1.54, 1.807) is 6.92 Å². The van der Waals surface area contributed by atoms with E-state index < -0.39 is 0 Å². The highest BCUT2D eigenvalue weighted by molar-refractivity contribution is 5.77. The van der Waals surface area contributed by atoms with Crippen LogP contribution >= 0.6 is 0 Å². The number of aliphatic hydroxyl groups is 1. The zero-order valence-corrected chi connectivity index (χ0v) is 41.9. The molecule has 1 heterocycles. The number of unbranched alkanes of at least 4 members (excludes halogenated alkanes) is 16. The van der Waals surface area contributed by atoms with Gasteiger partial charge in [-0.15, -0.1) is 0 Å². The molecule has 8 heteroatoms. The third-order valence-corrected chi connectivity index (χ3v) is 11.7. The van der Waals surface area contributed by atoms with Gasteiger partial charge in [0.1, 0.15) is 17.6 Å². The lowest BCUT2D eigenvalue weighted by atomic mass is 9.83. The van der Waals surface area contributed by atoms with Crippen molar-refractivity contribution in [2.45, 2.75) is 234 Å². The number of Topliss-reactive ketones (excluding diaryl/α,β-unsaturated/α-hetero) is 1. The highest BCUT2D eigenvalue weighted by Crippen LogP contribution is 2.33. The molecule has 1 N–H and O–H groups in total. The van der Waals surface area contributed by atoms with Crippen LogP contribution in [0.15, 0.2) is 61.1 Å². The Labute approximate surface area is 387 Å². The Morgan fingerprint density at radius 3 is 1.83 bits per heavy atom. The number of hydrogen-bond acceptors (Lipinski definition) is 8. The largest absolute Gasteiger partial charge is 0.513 e. The fourth-order valence-electron chi connectivity index (χ4n) is 7.75. The molecule has 1 fully saturated rings. The maximum atomic E-state index is 12.0. The average Bonchev–Trinajstić information content (AvgIpc) is 3.61. The molecule has 1 aliphatic rings. The Kier molecular flexibility index (Phi) is 42.9. The molecule has 63 heavy (non-hydrogen) atoms. The van der Waals surface area contributed by atoms with E-state index >= 15 is 0 Å². The first-order chi connectivity index (χ1) is 30.4. The average molecular weight is 885 g/mol. The fraction of sp³-hybridized carbons (Fsp3) is 0.745. The topological polar surface area (TPSA) is 116 Å². The van der Waals surface area contributed by atoms with Crippen LogP contribution in [-0.4, -0.2) is 42.0 Å². The van der Waals surface area contributed by atoms with Crippen LogP contribution in [0, 0.1) is 23.7 Å². The summed E-state index contributed by atoms with van der Waals surface area (Å²) in [6.07, 6.45) is 41.4. The number of cyclic esters (lactones) is 1. The van der Waals surface area contributed by atoms with Crippen LogP contribution < -0.4 is 0 Å². The Morgan fingerprint density at radius 2 is 1.27 bits per heavy atom. The van der Waals surface area contributed by atoms with Crippen LogP contribution in [0.2, 0.25) is 0 Å². The SMILES string of the molecule is C=C(O)C(CC(=O)OC)C(/C=C/CCCCCCC(=O)OC(CC)CC)CCCCCCCC.C=C1CC(C(/C=C/C=C\CCCCCCCC(C)=O)CCCCC)C(=O)O1.CC. The molecule has 4 unspecified atom stereocenters. The number of aliphatic hydroxyl groups excluding tert-OH is 1. The van der Waals surface area contributed by atoms with Crippen molar-refractivity contribution in [2.24, 2.45) is 23.7 Å². The second-order valence-corrected chi connectivity index (χ2v) is 17.2. The van der Waals surface area contributed by atoms with E-state index in [0.29, 0.717) is 24.4 Å². The number of allylic oxidation sites excluding steroid dienone is 8. The predicted octanol–water partition coefficient (Wildman–Crippen LogP) is 16.0. The standard InChI is InChI=1S/C29H52O5.C24H38O3.C2H6/c1-6-9-10-11-14-17-20-25(27(24(4)30)23-29(32)33-5)21-18-15-12-13-16-19-22-28(31)34-26(7-2)8-3;1-4-5-13-17-22(23-19-21(3)27-24(23)26)18-15-12-10-8-6-7-9-11-14-16-20(2)25;1-2/h18,21,25-27,30H,4,6-17,19-20,22-23H2,1-3,5H3;10,12,15,18,22-23H,3-9,11,13-14,16-17,19H2,1-2H3;1-2H3/b21-18+;12-10-,18-15+;. The minimum absolute atomic E-state index is 0.0555. The minimum Gasteiger partial charge on any atom is -0.513 e. The molecule has 0 aromatic rings. The number of rotatable bonds is 37. The number of carbonyl (C=O) groups is 4. The quantitative estimate of drug-likeness (QED) is 0.0164. The van der Waals surface area contributed by atoms with Crippen molar-refractivity contribution in [2.75, 3.05) is 7.11 Å². The lowest BCUT2D eigenvalue weighted by molar-refractivity contribution is -0.149. The molecule has 0 aromatic carbocycles.